The normalized spacial score (nSPS) is 9.75. The Bertz CT molecular complexity index is 497. The topological polar surface area (TPSA) is 65.2 Å². The first-order valence-corrected chi connectivity index (χ1v) is 4.67. The average molecular weight is 213 g/mol. The van der Waals surface area contributed by atoms with Crippen LogP contribution >= 0.6 is 0 Å². The van der Waals surface area contributed by atoms with Gasteiger partial charge >= 0.3 is 0 Å². The zero-order valence-corrected chi connectivity index (χ0v) is 8.38. The molecule has 0 saturated heterocycles. The maximum absolute atomic E-state index is 10.9. The Kier molecular flexibility index (Phi) is 2.82. The Morgan fingerprint density at radius 2 is 2.00 bits per heavy atom. The first kappa shape index (κ1) is 10.2. The van der Waals surface area contributed by atoms with E-state index in [9.17, 15) is 4.79 Å². The molecule has 0 aliphatic carbocycles. The van der Waals surface area contributed by atoms with E-state index in [0.717, 1.165) is 0 Å². The summed E-state index contributed by atoms with van der Waals surface area (Å²) in [4.78, 5) is 14.8. The van der Waals surface area contributed by atoms with Gasteiger partial charge in [-0.15, -0.1) is 0 Å². The van der Waals surface area contributed by atoms with Crippen molar-refractivity contribution in [3.8, 4) is 11.6 Å². The molecule has 2 N–H and O–H groups in total. The summed E-state index contributed by atoms with van der Waals surface area (Å²) in [5.74, 6) is 0.342. The second-order valence-corrected chi connectivity index (χ2v) is 3.06. The van der Waals surface area contributed by atoms with Gasteiger partial charge in [-0.25, -0.2) is 4.98 Å². The zero-order valence-electron chi connectivity index (χ0n) is 8.38. The van der Waals surface area contributed by atoms with E-state index >= 15 is 0 Å². The number of rotatable bonds is 3. The lowest BCUT2D eigenvalue weighted by atomic mass is 10.3. The first-order valence-electron chi connectivity index (χ1n) is 4.67. The quantitative estimate of drug-likeness (QED) is 0.845. The van der Waals surface area contributed by atoms with Crippen molar-refractivity contribution in [3.63, 3.8) is 0 Å². The van der Waals surface area contributed by atoms with Crippen molar-refractivity contribution >= 4 is 5.91 Å². The third kappa shape index (κ3) is 2.36. The minimum atomic E-state index is -0.626. The van der Waals surface area contributed by atoms with Crippen LogP contribution in [-0.2, 0) is 0 Å². The highest BCUT2D eigenvalue weighted by molar-refractivity contribution is 5.90. The van der Waals surface area contributed by atoms with Crippen LogP contribution in [0.3, 0.4) is 0 Å². The fourth-order valence-electron chi connectivity index (χ4n) is 1.16. The molecule has 4 heteroatoms. The van der Waals surface area contributed by atoms with Gasteiger partial charge in [0, 0.05) is 12.1 Å². The monoisotopic (exact) mass is 213 g/mol. The summed E-state index contributed by atoms with van der Waals surface area (Å²) in [6.45, 7) is 0. The zero-order chi connectivity index (χ0) is 11.4. The number of para-hydroxylation sites is 1. The van der Waals surface area contributed by atoms with E-state index in [1.54, 1.807) is 24.3 Å². The smallest absolute Gasteiger partial charge is 0.268 e. The van der Waals surface area contributed by atoms with Crippen LogP contribution in [0.4, 0.5) is 0 Å². The number of ether oxygens (including phenoxy) is 1. The highest BCUT2D eigenvalue weighted by Gasteiger charge is 2.04. The lowest BCUT2D eigenvalue weighted by molar-refractivity contribution is 0.0994. The van der Waals surface area contributed by atoms with Gasteiger partial charge in [-0.2, -0.15) is 0 Å². The van der Waals surface area contributed by atoms with Crippen LogP contribution in [0.25, 0.3) is 0 Å². The van der Waals surface area contributed by atoms with Gasteiger partial charge in [0.1, 0.15) is 11.4 Å². The van der Waals surface area contributed by atoms with Crippen LogP contribution in [-0.4, -0.2) is 10.9 Å². The molecule has 0 aliphatic rings. The Morgan fingerprint density at radius 3 is 2.69 bits per heavy atom. The number of benzene rings is 1. The number of nitrogens with zero attached hydrogens (tertiary/aromatic N) is 1. The van der Waals surface area contributed by atoms with Crippen molar-refractivity contribution in [1.29, 1.82) is 0 Å². The van der Waals surface area contributed by atoms with Crippen molar-refractivity contribution in [2.24, 2.45) is 5.73 Å². The van der Waals surface area contributed by atoms with Gasteiger partial charge in [-0.05, 0) is 18.2 Å². The Labute approximate surface area is 92.7 Å². The van der Waals surface area contributed by atoms with E-state index in [-0.39, 0.29) is 5.69 Å². The Hall–Kier alpha value is -2.36. The summed E-state index contributed by atoms with van der Waals surface area (Å²) in [5.41, 5.74) is 5.15. The number of primary amides is 1. The van der Waals surface area contributed by atoms with E-state index in [1.807, 2.05) is 18.2 Å². The van der Waals surface area contributed by atoms with Gasteiger partial charge < -0.3 is 10.5 Å². The second-order valence-electron chi connectivity index (χ2n) is 3.06. The SMILES string of the molecule is NC(=O)c1[c]ccc(Oc2ccccc2)n1. The molecule has 2 rings (SSSR count). The fourth-order valence-corrected chi connectivity index (χ4v) is 1.16. The predicted octanol–water partition coefficient (Wildman–Crippen LogP) is 1.77. The lowest BCUT2D eigenvalue weighted by Gasteiger charge is -2.04. The largest absolute Gasteiger partial charge is 0.439 e. The molecular formula is C12H9N2O2. The van der Waals surface area contributed by atoms with Crippen molar-refractivity contribution in [2.45, 2.75) is 0 Å². The maximum Gasteiger partial charge on any atom is 0.268 e. The number of carbonyl (C=O) groups excluding carboxylic acids is 1. The highest BCUT2D eigenvalue weighted by Crippen LogP contribution is 2.18. The number of hydrogen-bond acceptors (Lipinski definition) is 3. The van der Waals surface area contributed by atoms with Crippen LogP contribution in [0.15, 0.2) is 42.5 Å². The number of amides is 1. The van der Waals surface area contributed by atoms with Crippen molar-refractivity contribution in [2.75, 3.05) is 0 Å². The highest BCUT2D eigenvalue weighted by atomic mass is 16.5. The minimum absolute atomic E-state index is 0.0634. The molecule has 2 aromatic rings. The van der Waals surface area contributed by atoms with Gasteiger partial charge in [-0.1, -0.05) is 18.2 Å². The second kappa shape index (κ2) is 4.44. The third-order valence-corrected chi connectivity index (χ3v) is 1.87. The molecule has 0 bridgehead atoms. The molecule has 0 unspecified atom stereocenters. The molecular weight excluding hydrogens is 204 g/mol. The molecule has 4 nitrogen and oxygen atoms in total. The molecule has 1 aromatic heterocycles. The molecule has 0 saturated carbocycles. The van der Waals surface area contributed by atoms with Crippen LogP contribution in [0.2, 0.25) is 0 Å². The average Bonchev–Trinajstić information content (AvgIpc) is 2.30. The van der Waals surface area contributed by atoms with E-state index in [2.05, 4.69) is 11.1 Å². The van der Waals surface area contributed by atoms with E-state index in [0.29, 0.717) is 11.6 Å². The van der Waals surface area contributed by atoms with Crippen LogP contribution < -0.4 is 10.5 Å². The van der Waals surface area contributed by atoms with E-state index in [4.69, 9.17) is 10.5 Å². The summed E-state index contributed by atoms with van der Waals surface area (Å²) in [5, 5.41) is 0. The van der Waals surface area contributed by atoms with Crippen LogP contribution in [0, 0.1) is 6.07 Å². The van der Waals surface area contributed by atoms with Crippen LogP contribution in [0.1, 0.15) is 10.5 Å². The standard InChI is InChI=1S/C12H9N2O2/c13-12(15)10-7-4-8-11(14-10)16-9-5-2-1-3-6-9/h1-6,8H,(H2,13,15). The molecule has 1 radical (unpaired) electrons. The predicted molar refractivity (Wildman–Crippen MR) is 58.1 cm³/mol. The van der Waals surface area contributed by atoms with Gasteiger partial charge in [0.2, 0.25) is 5.88 Å². The summed E-state index contributed by atoms with van der Waals surface area (Å²) in [6.07, 6.45) is 0. The molecule has 16 heavy (non-hydrogen) atoms. The minimum Gasteiger partial charge on any atom is -0.439 e. The van der Waals surface area contributed by atoms with Gasteiger partial charge in [0.25, 0.3) is 5.91 Å². The lowest BCUT2D eigenvalue weighted by Crippen LogP contribution is -2.13. The molecule has 0 spiro atoms. The number of carbonyl (C=O) groups is 1. The molecule has 1 amide bonds. The maximum atomic E-state index is 10.9. The molecule has 0 aliphatic heterocycles. The van der Waals surface area contributed by atoms with Gasteiger partial charge in [-0.3, -0.25) is 4.79 Å². The Morgan fingerprint density at radius 1 is 1.25 bits per heavy atom. The summed E-state index contributed by atoms with van der Waals surface area (Å²) < 4.78 is 5.43. The Balaban J connectivity index is 2.22. The molecule has 1 aromatic carbocycles. The number of nitrogens with two attached hydrogens (primary N) is 1. The molecule has 1 heterocycles. The van der Waals surface area contributed by atoms with Gasteiger partial charge in [0.05, 0.1) is 0 Å². The first-order chi connectivity index (χ1) is 7.75. The summed E-state index contributed by atoms with van der Waals surface area (Å²) in [6, 6.07) is 14.9. The molecule has 0 atom stereocenters. The van der Waals surface area contributed by atoms with Crippen LogP contribution in [0.5, 0.6) is 11.6 Å². The van der Waals surface area contributed by atoms with E-state index in [1.165, 1.54) is 0 Å². The van der Waals surface area contributed by atoms with Gasteiger partial charge in [0.15, 0.2) is 0 Å². The van der Waals surface area contributed by atoms with Crippen molar-refractivity contribution in [3.05, 3.63) is 54.2 Å². The summed E-state index contributed by atoms with van der Waals surface area (Å²) in [7, 11) is 0. The summed E-state index contributed by atoms with van der Waals surface area (Å²) >= 11 is 0. The van der Waals surface area contributed by atoms with Crippen molar-refractivity contribution < 1.29 is 9.53 Å². The molecule has 79 valence electrons. The molecule has 0 fully saturated rings. The number of hydrogen-bond donors (Lipinski definition) is 1. The number of aromatic nitrogens is 1. The fraction of sp³-hybridized carbons (Fsp3) is 0. The van der Waals surface area contributed by atoms with Crippen molar-refractivity contribution in [1.82, 2.24) is 4.98 Å². The van der Waals surface area contributed by atoms with E-state index < -0.39 is 5.91 Å². The number of pyridine rings is 1. The third-order valence-electron chi connectivity index (χ3n) is 1.87.